The highest BCUT2D eigenvalue weighted by Gasteiger charge is 2.34. The number of nitrogens with one attached hydrogen (secondary N) is 3. The van der Waals surface area contributed by atoms with Crippen LogP contribution in [0, 0.1) is 16.2 Å². The van der Waals surface area contributed by atoms with Crippen LogP contribution >= 0.6 is 0 Å². The van der Waals surface area contributed by atoms with E-state index in [1.165, 1.54) is 0 Å². The first-order valence-corrected chi connectivity index (χ1v) is 17.9. The van der Waals surface area contributed by atoms with Crippen LogP contribution < -0.4 is 16.0 Å². The summed E-state index contributed by atoms with van der Waals surface area (Å²) in [4.78, 5) is 38.3. The van der Waals surface area contributed by atoms with Crippen LogP contribution in [-0.4, -0.2) is 66.7 Å². The lowest BCUT2D eigenvalue weighted by molar-refractivity contribution is -0.131. The average molecular weight is 654 g/mol. The van der Waals surface area contributed by atoms with Crippen molar-refractivity contribution in [1.82, 2.24) is 16.0 Å². The number of Topliss-reactive ketones (excluding diaryl/α,β-unsaturated/α-hetero) is 1. The van der Waals surface area contributed by atoms with Crippen molar-refractivity contribution >= 4 is 17.6 Å². The summed E-state index contributed by atoms with van der Waals surface area (Å²) in [6.45, 7) is 33.0. The number of ether oxygens (including phenoxy) is 2. The largest absolute Gasteiger partial charge is 0.375 e. The molecule has 0 aliphatic rings. The monoisotopic (exact) mass is 654 g/mol. The van der Waals surface area contributed by atoms with E-state index in [0.29, 0.717) is 45.6 Å². The van der Waals surface area contributed by atoms with Gasteiger partial charge < -0.3 is 25.4 Å². The maximum atomic E-state index is 13.1. The summed E-state index contributed by atoms with van der Waals surface area (Å²) in [5.41, 5.74) is -1.65. The summed E-state index contributed by atoms with van der Waals surface area (Å²) in [5, 5.41) is 9.69. The lowest BCUT2D eigenvalue weighted by atomic mass is 9.76. The minimum Gasteiger partial charge on any atom is -0.375 e. The smallest absolute Gasteiger partial charge is 0.225 e. The molecule has 0 bridgehead atoms. The van der Waals surface area contributed by atoms with Crippen LogP contribution in [0.25, 0.3) is 0 Å². The van der Waals surface area contributed by atoms with Gasteiger partial charge in [-0.25, -0.2) is 0 Å². The Morgan fingerprint density at radius 3 is 1.78 bits per heavy atom. The van der Waals surface area contributed by atoms with Gasteiger partial charge in [-0.05, 0) is 91.9 Å². The number of carbonyl (C=O) groups is 3. The van der Waals surface area contributed by atoms with Crippen LogP contribution in [0.3, 0.4) is 0 Å². The Hall–Kier alpha value is -1.51. The van der Waals surface area contributed by atoms with Gasteiger partial charge in [-0.1, -0.05) is 68.7 Å². The van der Waals surface area contributed by atoms with Crippen molar-refractivity contribution in [2.75, 3.05) is 26.3 Å². The van der Waals surface area contributed by atoms with E-state index in [4.69, 9.17) is 9.47 Å². The zero-order valence-electron chi connectivity index (χ0n) is 32.8. The van der Waals surface area contributed by atoms with Gasteiger partial charge >= 0.3 is 0 Å². The van der Waals surface area contributed by atoms with Gasteiger partial charge in [0.25, 0.3) is 0 Å². The maximum absolute atomic E-state index is 13.1. The van der Waals surface area contributed by atoms with E-state index in [1.54, 1.807) is 0 Å². The second-order valence-corrected chi connectivity index (χ2v) is 18.1. The van der Waals surface area contributed by atoms with Gasteiger partial charge in [0, 0.05) is 35.9 Å². The standard InChI is InChI=1S/C38H75N3O5/c1-16-21-36(10,11)41-29(31(43)34(5,6)7)19-17-18-24-39-30(42)20-22-37(12,13)45-26-23-38(14,15)46-27-25-40-32(44)35(8,9)28-33(2,3)4/h29,41H,16-28H2,1-15H3,(H,39,42)(H,40,44)/t29-/m0/s1. The zero-order chi connectivity index (χ0) is 36.0. The Morgan fingerprint density at radius 1 is 0.674 bits per heavy atom. The number of hydrogen-bond acceptors (Lipinski definition) is 6. The van der Waals surface area contributed by atoms with Gasteiger partial charge in [0.15, 0.2) is 5.78 Å². The number of unbranched alkanes of at least 4 members (excludes halogenated alkanes) is 1. The van der Waals surface area contributed by atoms with Gasteiger partial charge in [-0.15, -0.1) is 0 Å². The molecule has 8 nitrogen and oxygen atoms in total. The summed E-state index contributed by atoms with van der Waals surface area (Å²) < 4.78 is 12.2. The number of amides is 2. The van der Waals surface area contributed by atoms with Crippen molar-refractivity contribution in [1.29, 1.82) is 0 Å². The third-order valence-corrected chi connectivity index (χ3v) is 8.36. The minimum absolute atomic E-state index is 0.0255. The first kappa shape index (κ1) is 44.5. The molecule has 0 radical (unpaired) electrons. The minimum atomic E-state index is -0.433. The number of hydrogen-bond donors (Lipinski definition) is 3. The highest BCUT2D eigenvalue weighted by atomic mass is 16.5. The maximum Gasteiger partial charge on any atom is 0.225 e. The second-order valence-electron chi connectivity index (χ2n) is 18.1. The quantitative estimate of drug-likeness (QED) is 0.0974. The van der Waals surface area contributed by atoms with Crippen molar-refractivity contribution in [2.24, 2.45) is 16.2 Å². The molecule has 0 spiro atoms. The van der Waals surface area contributed by atoms with Gasteiger partial charge in [0.2, 0.25) is 11.8 Å². The summed E-state index contributed by atoms with van der Waals surface area (Å²) >= 11 is 0. The molecule has 0 aliphatic heterocycles. The Kier molecular flexibility index (Phi) is 18.3. The first-order valence-electron chi connectivity index (χ1n) is 17.9. The van der Waals surface area contributed by atoms with E-state index in [2.05, 4.69) is 57.5 Å². The van der Waals surface area contributed by atoms with Gasteiger partial charge in [0.05, 0.1) is 30.5 Å². The van der Waals surface area contributed by atoms with Gasteiger partial charge in [0.1, 0.15) is 0 Å². The van der Waals surface area contributed by atoms with Gasteiger partial charge in [-0.3, -0.25) is 14.4 Å². The molecule has 0 aliphatic carbocycles. The fourth-order valence-electron chi connectivity index (χ4n) is 6.02. The molecule has 0 fully saturated rings. The van der Waals surface area contributed by atoms with E-state index >= 15 is 0 Å². The Balaban J connectivity index is 4.44. The molecule has 2 amide bonds. The SMILES string of the molecule is CCCC(C)(C)N[C@@H](CCCCNC(=O)CCC(C)(C)OCCC(C)(C)OCCNC(=O)C(C)(C)CC(C)(C)C)C(=O)C(C)(C)C. The molecule has 0 aromatic carbocycles. The summed E-state index contributed by atoms with van der Waals surface area (Å²) in [6.07, 6.45) is 7.09. The molecule has 8 heteroatoms. The van der Waals surface area contributed by atoms with Crippen LogP contribution in [0.4, 0.5) is 0 Å². The molecule has 0 heterocycles. The van der Waals surface area contributed by atoms with Crippen LogP contribution in [0.1, 0.15) is 162 Å². The number of rotatable bonds is 23. The lowest BCUT2D eigenvalue weighted by Gasteiger charge is -2.34. The first-order chi connectivity index (χ1) is 20.7. The topological polar surface area (TPSA) is 106 Å². The molecule has 0 aromatic rings. The number of carbonyl (C=O) groups excluding carboxylic acids is 3. The fraction of sp³-hybridized carbons (Fsp3) is 0.921. The zero-order valence-corrected chi connectivity index (χ0v) is 32.8. The molecule has 46 heavy (non-hydrogen) atoms. The van der Waals surface area contributed by atoms with Crippen LogP contribution in [0.15, 0.2) is 0 Å². The Morgan fingerprint density at radius 2 is 1.24 bits per heavy atom. The van der Waals surface area contributed by atoms with E-state index in [-0.39, 0.29) is 34.6 Å². The molecule has 0 aromatic heterocycles. The molecular weight excluding hydrogens is 578 g/mol. The molecule has 0 saturated heterocycles. The lowest BCUT2D eigenvalue weighted by Crippen LogP contribution is -2.52. The average Bonchev–Trinajstić information content (AvgIpc) is 2.86. The Bertz CT molecular complexity index is 926. The fourth-order valence-corrected chi connectivity index (χ4v) is 6.02. The van der Waals surface area contributed by atoms with Crippen molar-refractivity contribution in [3.63, 3.8) is 0 Å². The number of ketones is 1. The predicted molar refractivity (Wildman–Crippen MR) is 192 cm³/mol. The third kappa shape index (κ3) is 20.7. The van der Waals surface area contributed by atoms with Gasteiger partial charge in [-0.2, -0.15) is 0 Å². The van der Waals surface area contributed by atoms with Crippen molar-refractivity contribution in [3.05, 3.63) is 0 Å². The van der Waals surface area contributed by atoms with E-state index in [9.17, 15) is 14.4 Å². The van der Waals surface area contributed by atoms with Crippen molar-refractivity contribution in [2.45, 2.75) is 184 Å². The summed E-state index contributed by atoms with van der Waals surface area (Å²) in [7, 11) is 0. The van der Waals surface area contributed by atoms with E-state index in [1.807, 2.05) is 62.3 Å². The predicted octanol–water partition coefficient (Wildman–Crippen LogP) is 7.76. The third-order valence-electron chi connectivity index (χ3n) is 8.36. The molecule has 0 unspecified atom stereocenters. The van der Waals surface area contributed by atoms with E-state index in [0.717, 1.165) is 38.5 Å². The second kappa shape index (κ2) is 18.9. The highest BCUT2D eigenvalue weighted by molar-refractivity contribution is 5.88. The Labute approximate surface area is 284 Å². The normalized spacial score (nSPS) is 14.2. The van der Waals surface area contributed by atoms with Crippen molar-refractivity contribution in [3.8, 4) is 0 Å². The molecule has 0 saturated carbocycles. The molecule has 0 rings (SSSR count). The van der Waals surface area contributed by atoms with Crippen LogP contribution in [0.2, 0.25) is 0 Å². The van der Waals surface area contributed by atoms with Crippen LogP contribution in [-0.2, 0) is 23.9 Å². The van der Waals surface area contributed by atoms with Crippen LogP contribution in [0.5, 0.6) is 0 Å². The van der Waals surface area contributed by atoms with Crippen molar-refractivity contribution < 1.29 is 23.9 Å². The molecule has 1 atom stereocenters. The molecule has 272 valence electrons. The molecular formula is C38H75N3O5. The van der Waals surface area contributed by atoms with E-state index < -0.39 is 22.0 Å². The molecule has 3 N–H and O–H groups in total. The summed E-state index contributed by atoms with van der Waals surface area (Å²) in [5.74, 6) is 0.327. The summed E-state index contributed by atoms with van der Waals surface area (Å²) in [6, 6.07) is -0.178. The highest BCUT2D eigenvalue weighted by Crippen LogP contribution is 2.33.